The molecule has 0 spiro atoms. The number of nitrogens with zero attached hydrogens (tertiary/aromatic N) is 2. The van der Waals surface area contributed by atoms with Crippen LogP contribution in [0.2, 0.25) is 0 Å². The monoisotopic (exact) mass is 516 g/mol. The summed E-state index contributed by atoms with van der Waals surface area (Å²) in [5.41, 5.74) is 11.8. The number of halogens is 1. The molecule has 1 fully saturated rings. The van der Waals surface area contributed by atoms with Gasteiger partial charge in [-0.25, -0.2) is 9.18 Å². The van der Waals surface area contributed by atoms with Crippen LogP contribution in [-0.2, 0) is 16.0 Å². The summed E-state index contributed by atoms with van der Waals surface area (Å²) in [5.74, 6) is -2.51. The average molecular weight is 517 g/mol. The molecule has 2 atom stereocenters. The molecule has 0 radical (unpaired) electrons. The number of carboxylic acids is 1. The van der Waals surface area contributed by atoms with E-state index in [9.17, 15) is 19.5 Å². The Morgan fingerprint density at radius 3 is 2.68 bits per heavy atom. The van der Waals surface area contributed by atoms with Gasteiger partial charge in [-0.1, -0.05) is 0 Å². The van der Waals surface area contributed by atoms with Crippen LogP contribution < -0.4 is 27.1 Å². The number of carboxylic acid groups (broad SMARTS) is 1. The largest absolute Gasteiger partial charge is 0.477 e. The van der Waals surface area contributed by atoms with Crippen molar-refractivity contribution in [3.63, 3.8) is 0 Å². The number of carbonyl (C=O) groups is 2. The van der Waals surface area contributed by atoms with Gasteiger partial charge in [-0.05, 0) is 38.7 Å². The first kappa shape index (κ1) is 26.4. The van der Waals surface area contributed by atoms with Crippen LogP contribution in [0.3, 0.4) is 0 Å². The molecule has 0 saturated carbocycles. The molecule has 4 rings (SSSR count). The molecular weight excluding hydrogens is 483 g/mol. The van der Waals surface area contributed by atoms with Crippen molar-refractivity contribution < 1.29 is 23.8 Å². The Bertz CT molecular complexity index is 1290. The van der Waals surface area contributed by atoms with Gasteiger partial charge >= 0.3 is 11.9 Å². The van der Waals surface area contributed by atoms with Crippen molar-refractivity contribution in [3.05, 3.63) is 39.4 Å². The van der Waals surface area contributed by atoms with Gasteiger partial charge in [0.15, 0.2) is 5.96 Å². The van der Waals surface area contributed by atoms with Crippen LogP contribution >= 0.6 is 0 Å². The van der Waals surface area contributed by atoms with E-state index >= 15 is 4.39 Å². The third kappa shape index (κ3) is 5.38. The number of rotatable bonds is 8. The molecule has 0 aliphatic carbocycles. The van der Waals surface area contributed by atoms with Crippen LogP contribution in [0.1, 0.15) is 61.0 Å². The number of nitrogens with one attached hydrogen (secondary N) is 2. The maximum absolute atomic E-state index is 15.5. The smallest absolute Gasteiger partial charge is 0.341 e. The number of carbonyl (C=O) groups excluding carboxylic acids is 1. The highest BCUT2D eigenvalue weighted by atomic mass is 19.1. The van der Waals surface area contributed by atoms with Gasteiger partial charge < -0.3 is 36.1 Å². The molecule has 3 heterocycles. The maximum Gasteiger partial charge on any atom is 0.341 e. The molecule has 2 aliphatic heterocycles. The minimum absolute atomic E-state index is 0.0281. The number of aryl methyl sites for hydroxylation is 1. The summed E-state index contributed by atoms with van der Waals surface area (Å²) in [5, 5.41) is 19.3. The lowest BCUT2D eigenvalue weighted by molar-refractivity contribution is -0.151. The average Bonchev–Trinajstić information content (AvgIpc) is 2.85. The molecule has 0 amide bonds. The summed E-state index contributed by atoms with van der Waals surface area (Å²) in [6, 6.07) is 0.354. The molecule has 12 heteroatoms. The maximum atomic E-state index is 15.5. The molecule has 37 heavy (non-hydrogen) atoms. The first-order valence-corrected chi connectivity index (χ1v) is 12.5. The van der Waals surface area contributed by atoms with Crippen LogP contribution in [0.4, 0.5) is 10.1 Å². The minimum atomic E-state index is -1.33. The van der Waals surface area contributed by atoms with Crippen molar-refractivity contribution in [1.29, 1.82) is 5.41 Å². The van der Waals surface area contributed by atoms with Gasteiger partial charge in [-0.3, -0.25) is 15.0 Å². The molecule has 0 bridgehead atoms. The number of ether oxygens (including phenoxy) is 1. The van der Waals surface area contributed by atoms with Gasteiger partial charge in [-0.2, -0.15) is 0 Å². The molecule has 11 nitrogen and oxygen atoms in total. The fraction of sp³-hybridized carbons (Fsp3) is 0.520. The van der Waals surface area contributed by atoms with Crippen LogP contribution in [-0.4, -0.2) is 59.4 Å². The molecule has 1 saturated heterocycles. The van der Waals surface area contributed by atoms with Crippen LogP contribution in [0.5, 0.6) is 0 Å². The second-order valence-corrected chi connectivity index (χ2v) is 9.77. The summed E-state index contributed by atoms with van der Waals surface area (Å²) in [6.45, 7) is 3.31. The summed E-state index contributed by atoms with van der Waals surface area (Å²) in [4.78, 5) is 38.7. The molecular formula is C25H33FN6O5. The zero-order chi connectivity index (χ0) is 26.9. The molecule has 1 aromatic carbocycles. The SMILES string of the molecule is C[C@@H]1CCc2c(N3CCC(OC(=O)[C@@H](N)CCCNC(=N)N)CC3)c(F)cc3c(=O)c(C(=O)O)cn1c23. The van der Waals surface area contributed by atoms with E-state index in [4.69, 9.17) is 21.6 Å². The van der Waals surface area contributed by atoms with Gasteiger partial charge in [0, 0.05) is 55.7 Å². The Morgan fingerprint density at radius 2 is 2.03 bits per heavy atom. The first-order valence-electron chi connectivity index (χ1n) is 12.5. The van der Waals surface area contributed by atoms with Crippen molar-refractivity contribution in [1.82, 2.24) is 9.88 Å². The van der Waals surface area contributed by atoms with Crippen molar-refractivity contribution in [3.8, 4) is 0 Å². The van der Waals surface area contributed by atoms with Gasteiger partial charge in [0.25, 0.3) is 0 Å². The van der Waals surface area contributed by atoms with Crippen LogP contribution in [0.25, 0.3) is 10.9 Å². The number of hydrogen-bond acceptors (Lipinski definition) is 7. The van der Waals surface area contributed by atoms with E-state index in [1.807, 2.05) is 11.8 Å². The Kier molecular flexibility index (Phi) is 7.67. The number of anilines is 1. The first-order chi connectivity index (χ1) is 17.6. The highest BCUT2D eigenvalue weighted by Crippen LogP contribution is 2.39. The van der Waals surface area contributed by atoms with E-state index in [1.54, 1.807) is 4.57 Å². The topological polar surface area (TPSA) is 177 Å². The second kappa shape index (κ2) is 10.8. The lowest BCUT2D eigenvalue weighted by atomic mass is 9.93. The molecule has 0 unspecified atom stereocenters. The van der Waals surface area contributed by atoms with Gasteiger partial charge in [0.1, 0.15) is 23.5 Å². The van der Waals surface area contributed by atoms with E-state index in [0.717, 1.165) is 6.07 Å². The van der Waals surface area contributed by atoms with Crippen molar-refractivity contribution in [2.24, 2.45) is 11.5 Å². The third-order valence-electron chi connectivity index (χ3n) is 7.21. The number of pyridine rings is 1. The predicted molar refractivity (Wildman–Crippen MR) is 137 cm³/mol. The Hall–Kier alpha value is -3.67. The molecule has 1 aromatic heterocycles. The Morgan fingerprint density at radius 1 is 1.32 bits per heavy atom. The van der Waals surface area contributed by atoms with E-state index < -0.39 is 29.2 Å². The third-order valence-corrected chi connectivity index (χ3v) is 7.21. The fourth-order valence-electron chi connectivity index (χ4n) is 5.24. The predicted octanol–water partition coefficient (Wildman–Crippen LogP) is 1.45. The molecule has 7 N–H and O–H groups in total. The van der Waals surface area contributed by atoms with Crippen LogP contribution in [0, 0.1) is 11.2 Å². The number of guanidine groups is 1. The van der Waals surface area contributed by atoms with E-state index in [1.165, 1.54) is 6.20 Å². The van der Waals surface area contributed by atoms with Crippen LogP contribution in [0.15, 0.2) is 17.1 Å². The number of aromatic carboxylic acids is 1. The zero-order valence-corrected chi connectivity index (χ0v) is 20.8. The normalized spacial score (nSPS) is 18.5. The van der Waals surface area contributed by atoms with Crippen molar-refractivity contribution >= 4 is 34.5 Å². The highest BCUT2D eigenvalue weighted by molar-refractivity contribution is 5.95. The summed E-state index contributed by atoms with van der Waals surface area (Å²) in [6.07, 6.45) is 4.26. The number of nitrogens with two attached hydrogens (primary N) is 2. The Labute approximate surface area is 213 Å². The van der Waals surface area contributed by atoms with E-state index in [-0.39, 0.29) is 29.1 Å². The highest BCUT2D eigenvalue weighted by Gasteiger charge is 2.31. The molecule has 2 aliphatic rings. The van der Waals surface area contributed by atoms with Gasteiger partial charge in [0.2, 0.25) is 5.43 Å². The number of hydrogen-bond donors (Lipinski definition) is 5. The quantitative estimate of drug-likeness (QED) is 0.150. The fourth-order valence-corrected chi connectivity index (χ4v) is 5.24. The number of piperidine rings is 1. The zero-order valence-electron chi connectivity index (χ0n) is 20.8. The molecule has 200 valence electrons. The van der Waals surface area contributed by atoms with Crippen molar-refractivity contribution in [2.75, 3.05) is 24.5 Å². The minimum Gasteiger partial charge on any atom is -0.477 e. The van der Waals surface area contributed by atoms with Gasteiger partial charge in [-0.15, -0.1) is 0 Å². The number of aromatic nitrogens is 1. The summed E-state index contributed by atoms with van der Waals surface area (Å²) < 4.78 is 22.8. The second-order valence-electron chi connectivity index (χ2n) is 9.77. The van der Waals surface area contributed by atoms with Gasteiger partial charge in [0.05, 0.1) is 11.2 Å². The lowest BCUT2D eigenvalue weighted by Gasteiger charge is -2.37. The molecule has 2 aromatic rings. The van der Waals surface area contributed by atoms with E-state index in [0.29, 0.717) is 74.9 Å². The standard InChI is InChI=1S/C25H33FN6O5/c1-13-4-5-15-20-16(22(33)17(23(34)35)12-32(13)20)11-18(26)21(15)31-9-6-14(7-10-31)37-24(36)19(27)3-2-8-30-25(28)29/h11-14,19H,2-10,27H2,1H3,(H,34,35)(H4,28,29,30)/t13-,19+/m1/s1. The summed E-state index contributed by atoms with van der Waals surface area (Å²) in [7, 11) is 0. The number of esters is 1. The summed E-state index contributed by atoms with van der Waals surface area (Å²) >= 11 is 0. The van der Waals surface area contributed by atoms with Crippen molar-refractivity contribution in [2.45, 2.75) is 63.6 Å². The number of benzene rings is 1. The Balaban J connectivity index is 1.48. The lowest BCUT2D eigenvalue weighted by Crippen LogP contribution is -2.42. The van der Waals surface area contributed by atoms with E-state index in [2.05, 4.69) is 5.32 Å².